The lowest BCUT2D eigenvalue weighted by Gasteiger charge is -2.18. The number of hydrogen-bond acceptors (Lipinski definition) is 4. The zero-order chi connectivity index (χ0) is 13.8. The normalized spacial score (nSPS) is 18.7. The SMILES string of the molecule is CNc1cc(C)ncc1C(=O)N1CCC(COC)C1. The summed E-state index contributed by atoms with van der Waals surface area (Å²) in [5.74, 6) is 0.501. The van der Waals surface area contributed by atoms with E-state index in [1.54, 1.807) is 13.3 Å². The van der Waals surface area contributed by atoms with Crippen LogP contribution in [0.25, 0.3) is 0 Å². The maximum atomic E-state index is 12.5. The number of carbonyl (C=O) groups is 1. The highest BCUT2D eigenvalue weighted by molar-refractivity contribution is 5.99. The topological polar surface area (TPSA) is 54.5 Å². The van der Waals surface area contributed by atoms with Gasteiger partial charge in [0.25, 0.3) is 5.91 Å². The number of anilines is 1. The molecule has 0 aromatic carbocycles. The number of aryl methyl sites for hydroxylation is 1. The molecule has 1 atom stereocenters. The van der Waals surface area contributed by atoms with Crippen molar-refractivity contribution in [2.45, 2.75) is 13.3 Å². The lowest BCUT2D eigenvalue weighted by Crippen LogP contribution is -2.30. The number of amides is 1. The van der Waals surface area contributed by atoms with E-state index in [9.17, 15) is 4.79 Å². The van der Waals surface area contributed by atoms with Gasteiger partial charge in [0.15, 0.2) is 0 Å². The number of rotatable bonds is 4. The van der Waals surface area contributed by atoms with Crippen LogP contribution in [0.3, 0.4) is 0 Å². The second-order valence-electron chi connectivity index (χ2n) is 4.98. The molecular formula is C14H21N3O2. The third-order valence-corrected chi connectivity index (χ3v) is 3.52. The minimum absolute atomic E-state index is 0.0513. The predicted octanol–water partition coefficient (Wildman–Crippen LogP) is 1.54. The first-order valence-corrected chi connectivity index (χ1v) is 6.58. The van der Waals surface area contributed by atoms with Crippen LogP contribution in [0.2, 0.25) is 0 Å². The van der Waals surface area contributed by atoms with E-state index in [0.29, 0.717) is 11.5 Å². The fraction of sp³-hybridized carbons (Fsp3) is 0.571. The van der Waals surface area contributed by atoms with Gasteiger partial charge in [-0.2, -0.15) is 0 Å². The minimum Gasteiger partial charge on any atom is -0.387 e. The molecule has 1 amide bonds. The minimum atomic E-state index is 0.0513. The van der Waals surface area contributed by atoms with Crippen molar-refractivity contribution in [2.24, 2.45) is 5.92 Å². The molecule has 1 aromatic rings. The smallest absolute Gasteiger partial charge is 0.257 e. The third-order valence-electron chi connectivity index (χ3n) is 3.52. The molecule has 1 aliphatic rings. The molecule has 1 N–H and O–H groups in total. The van der Waals surface area contributed by atoms with Crippen molar-refractivity contribution in [3.05, 3.63) is 23.5 Å². The number of nitrogens with one attached hydrogen (secondary N) is 1. The molecule has 1 saturated heterocycles. The third kappa shape index (κ3) is 3.04. The molecule has 5 heteroatoms. The number of ether oxygens (including phenoxy) is 1. The Morgan fingerprint density at radius 2 is 2.42 bits per heavy atom. The van der Waals surface area contributed by atoms with E-state index in [0.717, 1.165) is 37.5 Å². The van der Waals surface area contributed by atoms with Crippen molar-refractivity contribution in [1.82, 2.24) is 9.88 Å². The second kappa shape index (κ2) is 6.02. The summed E-state index contributed by atoms with van der Waals surface area (Å²) < 4.78 is 5.16. The van der Waals surface area contributed by atoms with Crippen LogP contribution < -0.4 is 5.32 Å². The second-order valence-corrected chi connectivity index (χ2v) is 4.98. The Bertz CT molecular complexity index is 462. The van der Waals surface area contributed by atoms with E-state index in [1.807, 2.05) is 24.9 Å². The molecule has 1 aliphatic heterocycles. The van der Waals surface area contributed by atoms with Crippen LogP contribution in [-0.4, -0.2) is 49.6 Å². The summed E-state index contributed by atoms with van der Waals surface area (Å²) in [5, 5.41) is 3.06. The van der Waals surface area contributed by atoms with Crippen LogP contribution in [-0.2, 0) is 4.74 Å². The average Bonchev–Trinajstić information content (AvgIpc) is 2.87. The molecule has 1 unspecified atom stereocenters. The Morgan fingerprint density at radius 3 is 3.11 bits per heavy atom. The number of pyridine rings is 1. The molecule has 1 fully saturated rings. The van der Waals surface area contributed by atoms with Gasteiger partial charge in [-0.3, -0.25) is 9.78 Å². The Balaban J connectivity index is 2.12. The van der Waals surface area contributed by atoms with E-state index in [-0.39, 0.29) is 5.91 Å². The van der Waals surface area contributed by atoms with Crippen LogP contribution >= 0.6 is 0 Å². The Kier molecular flexibility index (Phi) is 4.37. The Morgan fingerprint density at radius 1 is 1.63 bits per heavy atom. The first-order chi connectivity index (χ1) is 9.15. The van der Waals surface area contributed by atoms with Crippen molar-refractivity contribution in [3.8, 4) is 0 Å². The molecule has 2 rings (SSSR count). The van der Waals surface area contributed by atoms with E-state index in [1.165, 1.54) is 0 Å². The van der Waals surface area contributed by atoms with Crippen molar-refractivity contribution in [3.63, 3.8) is 0 Å². The van der Waals surface area contributed by atoms with Gasteiger partial charge < -0.3 is 15.0 Å². The molecular weight excluding hydrogens is 242 g/mol. The first kappa shape index (κ1) is 13.8. The summed E-state index contributed by atoms with van der Waals surface area (Å²) in [5.41, 5.74) is 2.39. The molecule has 0 bridgehead atoms. The highest BCUT2D eigenvalue weighted by atomic mass is 16.5. The highest BCUT2D eigenvalue weighted by Crippen LogP contribution is 2.22. The van der Waals surface area contributed by atoms with Gasteiger partial charge in [-0.25, -0.2) is 0 Å². The quantitative estimate of drug-likeness (QED) is 0.895. The van der Waals surface area contributed by atoms with E-state index in [2.05, 4.69) is 10.3 Å². The summed E-state index contributed by atoms with van der Waals surface area (Å²) in [6.45, 7) is 4.20. The average molecular weight is 263 g/mol. The number of nitrogens with zero attached hydrogens (tertiary/aromatic N) is 2. The summed E-state index contributed by atoms with van der Waals surface area (Å²) in [6.07, 6.45) is 2.67. The fourth-order valence-corrected chi connectivity index (χ4v) is 2.50. The number of methoxy groups -OCH3 is 1. The van der Waals surface area contributed by atoms with Crippen molar-refractivity contribution < 1.29 is 9.53 Å². The molecule has 0 radical (unpaired) electrons. The van der Waals surface area contributed by atoms with Crippen LogP contribution in [0.5, 0.6) is 0 Å². The van der Waals surface area contributed by atoms with Gasteiger partial charge >= 0.3 is 0 Å². The van der Waals surface area contributed by atoms with Gasteiger partial charge in [0.1, 0.15) is 0 Å². The molecule has 0 saturated carbocycles. The Hall–Kier alpha value is -1.62. The predicted molar refractivity (Wildman–Crippen MR) is 74.4 cm³/mol. The standard InChI is InChI=1S/C14H21N3O2/c1-10-6-13(15-2)12(7-16-10)14(18)17-5-4-11(8-17)9-19-3/h6-7,11H,4-5,8-9H2,1-3H3,(H,15,16). The first-order valence-electron chi connectivity index (χ1n) is 6.58. The van der Waals surface area contributed by atoms with E-state index in [4.69, 9.17) is 4.74 Å². The van der Waals surface area contributed by atoms with Crippen LogP contribution in [0.4, 0.5) is 5.69 Å². The van der Waals surface area contributed by atoms with Crippen LogP contribution in [0, 0.1) is 12.8 Å². The number of aromatic nitrogens is 1. The van der Waals surface area contributed by atoms with Crippen molar-refractivity contribution in [2.75, 3.05) is 39.2 Å². The molecule has 2 heterocycles. The fourth-order valence-electron chi connectivity index (χ4n) is 2.50. The van der Waals surface area contributed by atoms with E-state index >= 15 is 0 Å². The van der Waals surface area contributed by atoms with Gasteiger partial charge in [-0.05, 0) is 19.4 Å². The van der Waals surface area contributed by atoms with Gasteiger partial charge in [0, 0.05) is 45.1 Å². The van der Waals surface area contributed by atoms with Crippen LogP contribution in [0.1, 0.15) is 22.5 Å². The molecule has 0 aliphatic carbocycles. The maximum Gasteiger partial charge on any atom is 0.257 e. The zero-order valence-electron chi connectivity index (χ0n) is 11.8. The van der Waals surface area contributed by atoms with Gasteiger partial charge in [0.2, 0.25) is 0 Å². The summed E-state index contributed by atoms with van der Waals surface area (Å²) in [6, 6.07) is 1.90. The van der Waals surface area contributed by atoms with E-state index < -0.39 is 0 Å². The maximum absolute atomic E-state index is 12.5. The van der Waals surface area contributed by atoms with Crippen LogP contribution in [0.15, 0.2) is 12.3 Å². The lowest BCUT2D eigenvalue weighted by molar-refractivity contribution is 0.0776. The largest absolute Gasteiger partial charge is 0.387 e. The van der Waals surface area contributed by atoms with Crippen molar-refractivity contribution in [1.29, 1.82) is 0 Å². The summed E-state index contributed by atoms with van der Waals surface area (Å²) in [4.78, 5) is 18.6. The molecule has 104 valence electrons. The number of carbonyl (C=O) groups excluding carboxylic acids is 1. The number of hydrogen-bond donors (Lipinski definition) is 1. The summed E-state index contributed by atoms with van der Waals surface area (Å²) in [7, 11) is 3.52. The van der Waals surface area contributed by atoms with Gasteiger partial charge in [-0.1, -0.05) is 0 Å². The molecule has 0 spiro atoms. The molecule has 19 heavy (non-hydrogen) atoms. The monoisotopic (exact) mass is 263 g/mol. The lowest BCUT2D eigenvalue weighted by atomic mass is 10.1. The zero-order valence-corrected chi connectivity index (χ0v) is 11.8. The summed E-state index contributed by atoms with van der Waals surface area (Å²) >= 11 is 0. The molecule has 1 aromatic heterocycles. The molecule has 5 nitrogen and oxygen atoms in total. The van der Waals surface area contributed by atoms with Gasteiger partial charge in [-0.15, -0.1) is 0 Å². The highest BCUT2D eigenvalue weighted by Gasteiger charge is 2.28. The van der Waals surface area contributed by atoms with Gasteiger partial charge in [0.05, 0.1) is 17.9 Å². The number of likely N-dealkylation sites (tertiary alicyclic amines) is 1. The van der Waals surface area contributed by atoms with Crippen molar-refractivity contribution >= 4 is 11.6 Å². The Labute approximate surface area is 114 Å².